The molecule has 2 N–H and O–H groups in total. The largest absolute Gasteiger partial charge is 0.472 e. The zero-order valence-corrected chi connectivity index (χ0v) is 46.2. The number of amides is 1. The SMILES string of the molecule is CC/C=C/C=C/C=C\CCCCCCCC(=O)NC(COP(=O)(O)OCC[N+](C)(C)C)C(/C=C/CCCCCCCCCCCCC)OC(=O)CCCCCC/C=C\C/C=C\C/C=C\CCCCC. The van der Waals surface area contributed by atoms with E-state index in [1.807, 2.05) is 39.4 Å². The number of likely N-dealkylation sites (N-methyl/N-ethyl adjacent to an activating group) is 1. The van der Waals surface area contributed by atoms with E-state index in [4.69, 9.17) is 13.8 Å². The molecule has 3 atom stereocenters. The van der Waals surface area contributed by atoms with E-state index in [2.05, 4.69) is 92.9 Å². The Morgan fingerprint density at radius 1 is 0.536 bits per heavy atom. The number of quaternary nitrogens is 1. The summed E-state index contributed by atoms with van der Waals surface area (Å²) in [6, 6.07) is -0.871. The number of nitrogens with zero attached hydrogens (tertiary/aromatic N) is 1. The average molecular weight is 986 g/mol. The zero-order chi connectivity index (χ0) is 50.8. The molecule has 398 valence electrons. The molecule has 0 bridgehead atoms. The van der Waals surface area contributed by atoms with Gasteiger partial charge < -0.3 is 19.4 Å². The summed E-state index contributed by atoms with van der Waals surface area (Å²) in [5, 5.41) is 3.02. The monoisotopic (exact) mass is 986 g/mol. The van der Waals surface area contributed by atoms with Crippen LogP contribution < -0.4 is 5.32 Å². The molecule has 0 saturated carbocycles. The number of rotatable bonds is 49. The number of esters is 1. The molecule has 0 aromatic carbocycles. The van der Waals surface area contributed by atoms with Crippen molar-refractivity contribution in [1.29, 1.82) is 0 Å². The topological polar surface area (TPSA) is 111 Å². The number of carbonyl (C=O) groups is 2. The van der Waals surface area contributed by atoms with E-state index in [-0.39, 0.29) is 31.5 Å². The summed E-state index contributed by atoms with van der Waals surface area (Å²) in [4.78, 5) is 37.5. The van der Waals surface area contributed by atoms with Crippen LogP contribution in [0.2, 0.25) is 0 Å². The molecule has 0 aliphatic heterocycles. The second kappa shape index (κ2) is 48.8. The molecule has 69 heavy (non-hydrogen) atoms. The number of allylic oxidation sites excluding steroid dienone is 13. The molecule has 3 unspecified atom stereocenters. The van der Waals surface area contributed by atoms with Gasteiger partial charge in [-0.25, -0.2) is 4.57 Å². The molecule has 0 fully saturated rings. The van der Waals surface area contributed by atoms with Gasteiger partial charge >= 0.3 is 13.8 Å². The number of phosphoric acid groups is 1. The van der Waals surface area contributed by atoms with Crippen LogP contribution in [0.4, 0.5) is 0 Å². The normalized spacial score (nSPS) is 14.5. The summed E-state index contributed by atoms with van der Waals surface area (Å²) in [6.07, 6.45) is 62.9. The molecule has 9 nitrogen and oxygen atoms in total. The summed E-state index contributed by atoms with van der Waals surface area (Å²) in [6.45, 7) is 6.80. The molecule has 0 aliphatic rings. The molecule has 0 radical (unpaired) electrons. The number of phosphoric ester groups is 1. The summed E-state index contributed by atoms with van der Waals surface area (Å²) in [5.41, 5.74) is 0. The Labute approximate surface area is 425 Å². The highest BCUT2D eigenvalue weighted by atomic mass is 31.2. The second-order valence-electron chi connectivity index (χ2n) is 19.8. The second-order valence-corrected chi connectivity index (χ2v) is 21.2. The molecule has 0 heterocycles. The Bertz CT molecular complexity index is 1460. The molecular weight excluding hydrogens is 880 g/mol. The van der Waals surface area contributed by atoms with Gasteiger partial charge in [-0.05, 0) is 89.5 Å². The lowest BCUT2D eigenvalue weighted by atomic mass is 10.0. The van der Waals surface area contributed by atoms with Crippen molar-refractivity contribution >= 4 is 19.7 Å². The van der Waals surface area contributed by atoms with Gasteiger partial charge in [0.05, 0.1) is 33.8 Å². The first-order valence-corrected chi connectivity index (χ1v) is 29.4. The Kier molecular flexibility index (Phi) is 46.8. The van der Waals surface area contributed by atoms with E-state index in [0.29, 0.717) is 23.9 Å². The average Bonchev–Trinajstić information content (AvgIpc) is 3.31. The molecule has 10 heteroatoms. The predicted octanol–water partition coefficient (Wildman–Crippen LogP) is 16.7. The van der Waals surface area contributed by atoms with Crippen molar-refractivity contribution in [3.05, 3.63) is 85.1 Å². The first kappa shape index (κ1) is 66.2. The van der Waals surface area contributed by atoms with Gasteiger partial charge in [-0.1, -0.05) is 209 Å². The fourth-order valence-corrected chi connectivity index (χ4v) is 8.27. The Balaban J connectivity index is 5.47. The van der Waals surface area contributed by atoms with E-state index in [1.54, 1.807) is 0 Å². The minimum Gasteiger partial charge on any atom is -0.456 e. The standard InChI is InChI=1S/C59H105N2O7P/c1-7-10-13-16-19-22-25-28-29-30-31-34-37-40-43-46-49-52-59(63)68-57(50-47-44-41-38-35-32-26-23-20-17-14-11-8-2)56(55-67-69(64,65)66-54-53-61(4,5)6)60-58(62)51-48-45-42-39-36-33-27-24-21-18-15-12-9-3/h12,15,18-19,21-22,24,27-29,31,34,47,50,56-57H,7-11,13-14,16-17,20,23,25-26,30,32-33,35-46,48-49,51-55H2,1-6H3,(H-,60,62,64,65)/p+1/b15-12+,21-18+,22-19-,27-24-,29-28-,34-31-,50-47+. The highest BCUT2D eigenvalue weighted by Crippen LogP contribution is 2.43. The summed E-state index contributed by atoms with van der Waals surface area (Å²) in [7, 11) is 1.46. The third kappa shape index (κ3) is 49.9. The number of nitrogens with one attached hydrogen (secondary N) is 1. The van der Waals surface area contributed by atoms with Crippen LogP contribution >= 0.6 is 7.82 Å². The Morgan fingerprint density at radius 3 is 1.54 bits per heavy atom. The number of hydrogen-bond acceptors (Lipinski definition) is 6. The first-order chi connectivity index (χ1) is 33.4. The van der Waals surface area contributed by atoms with Crippen LogP contribution in [0.5, 0.6) is 0 Å². The van der Waals surface area contributed by atoms with Gasteiger partial charge in [-0.2, -0.15) is 0 Å². The lowest BCUT2D eigenvalue weighted by Crippen LogP contribution is -2.47. The number of ether oxygens (including phenoxy) is 1. The third-order valence-electron chi connectivity index (χ3n) is 11.9. The van der Waals surface area contributed by atoms with Gasteiger partial charge in [0, 0.05) is 12.8 Å². The number of carbonyl (C=O) groups excluding carboxylic acids is 2. The van der Waals surface area contributed by atoms with Gasteiger partial charge in [0.25, 0.3) is 0 Å². The fourth-order valence-electron chi connectivity index (χ4n) is 7.53. The predicted molar refractivity (Wildman–Crippen MR) is 295 cm³/mol. The Hall–Kier alpha value is -2.81. The quantitative estimate of drug-likeness (QED) is 0.0156. The lowest BCUT2D eigenvalue weighted by molar-refractivity contribution is -0.870. The van der Waals surface area contributed by atoms with Crippen molar-refractivity contribution < 1.29 is 37.3 Å². The summed E-state index contributed by atoms with van der Waals surface area (Å²) < 4.78 is 30.5. The minimum atomic E-state index is -4.46. The lowest BCUT2D eigenvalue weighted by Gasteiger charge is -2.27. The van der Waals surface area contributed by atoms with Crippen molar-refractivity contribution in [2.75, 3.05) is 40.9 Å². The van der Waals surface area contributed by atoms with Gasteiger partial charge in [0.1, 0.15) is 19.3 Å². The van der Waals surface area contributed by atoms with Crippen LogP contribution in [0.25, 0.3) is 0 Å². The van der Waals surface area contributed by atoms with Crippen molar-refractivity contribution in [3.8, 4) is 0 Å². The maximum Gasteiger partial charge on any atom is 0.472 e. The van der Waals surface area contributed by atoms with Crippen molar-refractivity contribution in [2.24, 2.45) is 0 Å². The first-order valence-electron chi connectivity index (χ1n) is 27.9. The van der Waals surface area contributed by atoms with Gasteiger partial charge in [0.15, 0.2) is 0 Å². The van der Waals surface area contributed by atoms with Crippen molar-refractivity contribution in [2.45, 2.75) is 238 Å². The van der Waals surface area contributed by atoms with Crippen LogP contribution in [0.15, 0.2) is 85.1 Å². The highest BCUT2D eigenvalue weighted by Gasteiger charge is 2.30. The highest BCUT2D eigenvalue weighted by molar-refractivity contribution is 7.47. The van der Waals surface area contributed by atoms with E-state index < -0.39 is 20.0 Å². The van der Waals surface area contributed by atoms with Crippen molar-refractivity contribution in [3.63, 3.8) is 0 Å². The van der Waals surface area contributed by atoms with Crippen LogP contribution in [-0.2, 0) is 27.9 Å². The van der Waals surface area contributed by atoms with Gasteiger partial charge in [-0.3, -0.25) is 18.6 Å². The van der Waals surface area contributed by atoms with E-state index in [0.717, 1.165) is 103 Å². The summed E-state index contributed by atoms with van der Waals surface area (Å²) >= 11 is 0. The van der Waals surface area contributed by atoms with Crippen molar-refractivity contribution in [1.82, 2.24) is 5.32 Å². The smallest absolute Gasteiger partial charge is 0.456 e. The number of hydrogen-bond donors (Lipinski definition) is 2. The molecule has 0 rings (SSSR count). The van der Waals surface area contributed by atoms with Gasteiger partial charge in [-0.15, -0.1) is 0 Å². The molecule has 0 saturated heterocycles. The van der Waals surface area contributed by atoms with E-state index in [1.165, 1.54) is 83.5 Å². The zero-order valence-electron chi connectivity index (χ0n) is 45.3. The molecule has 0 spiro atoms. The van der Waals surface area contributed by atoms with E-state index in [9.17, 15) is 19.0 Å². The Morgan fingerprint density at radius 2 is 0.986 bits per heavy atom. The third-order valence-corrected chi connectivity index (χ3v) is 12.9. The molecule has 0 aromatic heterocycles. The fraction of sp³-hybridized carbons (Fsp3) is 0.729. The number of unbranched alkanes of at least 4 members (excludes halogenated alkanes) is 23. The summed E-state index contributed by atoms with van der Waals surface area (Å²) in [5.74, 6) is -0.559. The van der Waals surface area contributed by atoms with Crippen LogP contribution in [-0.4, -0.2) is 74.3 Å². The molecule has 0 aromatic rings. The van der Waals surface area contributed by atoms with E-state index >= 15 is 0 Å². The molecule has 1 amide bonds. The van der Waals surface area contributed by atoms with Crippen LogP contribution in [0, 0.1) is 0 Å². The maximum atomic E-state index is 13.5. The molecular formula is C59H106N2O7P+. The molecule has 0 aliphatic carbocycles. The van der Waals surface area contributed by atoms with Gasteiger partial charge in [0.2, 0.25) is 5.91 Å². The van der Waals surface area contributed by atoms with Crippen LogP contribution in [0.3, 0.4) is 0 Å². The minimum absolute atomic E-state index is 0.0283. The maximum absolute atomic E-state index is 13.5. The van der Waals surface area contributed by atoms with Crippen LogP contribution in [0.1, 0.15) is 226 Å².